The van der Waals surface area contributed by atoms with Gasteiger partial charge in [-0.05, 0) is 19.3 Å². The number of hydrogen-bond acceptors (Lipinski definition) is 2. The Hall–Kier alpha value is 0.360. The summed E-state index contributed by atoms with van der Waals surface area (Å²) < 4.78 is 0.159. The summed E-state index contributed by atoms with van der Waals surface area (Å²) in [7, 11) is 0. The van der Waals surface area contributed by atoms with Gasteiger partial charge in [0.2, 0.25) is 0 Å². The molecule has 1 aromatic rings. The number of halogens is 1. The fraction of sp³-hybridized carbons (Fsp3) is 0.700. The highest BCUT2D eigenvalue weighted by Crippen LogP contribution is 2.37. The highest BCUT2D eigenvalue weighted by atomic mass is 127. The Kier molecular flexibility index (Phi) is 3.08. The minimum atomic E-state index is 0.159. The molecule has 0 aliphatic carbocycles. The van der Waals surface area contributed by atoms with Crippen molar-refractivity contribution < 1.29 is 0 Å². The Morgan fingerprint density at radius 3 is 2.00 bits per heavy atom. The van der Waals surface area contributed by atoms with Crippen molar-refractivity contribution in [2.24, 2.45) is 0 Å². The molecule has 1 aromatic heterocycles. The summed E-state index contributed by atoms with van der Waals surface area (Å²) in [6.07, 6.45) is 2.01. The van der Waals surface area contributed by atoms with Gasteiger partial charge < -0.3 is 0 Å². The molecule has 0 bridgehead atoms. The van der Waals surface area contributed by atoms with Crippen molar-refractivity contribution in [2.75, 3.05) is 0 Å². The van der Waals surface area contributed by atoms with Crippen LogP contribution in [0.3, 0.4) is 0 Å². The average molecular weight is 309 g/mol. The van der Waals surface area contributed by atoms with Gasteiger partial charge in [0.1, 0.15) is 5.01 Å². The van der Waals surface area contributed by atoms with Crippen molar-refractivity contribution in [1.82, 2.24) is 4.98 Å². The molecule has 0 amide bonds. The molecule has 0 radical (unpaired) electrons. The highest BCUT2D eigenvalue weighted by molar-refractivity contribution is 14.1. The summed E-state index contributed by atoms with van der Waals surface area (Å²) in [5.41, 5.74) is 0.234. The fourth-order valence-corrected chi connectivity index (χ4v) is 2.33. The third-order valence-corrected chi connectivity index (χ3v) is 4.38. The Morgan fingerprint density at radius 2 is 1.77 bits per heavy atom. The molecule has 0 aliphatic heterocycles. The topological polar surface area (TPSA) is 12.9 Å². The molecule has 0 saturated heterocycles. The molecule has 0 saturated carbocycles. The second-order valence-electron chi connectivity index (χ2n) is 4.75. The van der Waals surface area contributed by atoms with Gasteiger partial charge in [-0.3, -0.25) is 0 Å². The molecule has 0 atom stereocenters. The van der Waals surface area contributed by atoms with Gasteiger partial charge in [-0.25, -0.2) is 4.98 Å². The molecule has 13 heavy (non-hydrogen) atoms. The van der Waals surface area contributed by atoms with Gasteiger partial charge in [0.15, 0.2) is 0 Å². The molecule has 0 aromatic carbocycles. The Balaban J connectivity index is 3.01. The summed E-state index contributed by atoms with van der Waals surface area (Å²) in [6.45, 7) is 11.1. The number of thiazole rings is 1. The molecule has 3 heteroatoms. The third-order valence-electron chi connectivity index (χ3n) is 1.75. The maximum Gasteiger partial charge on any atom is 0.108 e. The van der Waals surface area contributed by atoms with Crippen LogP contribution in [0.4, 0.5) is 0 Å². The van der Waals surface area contributed by atoms with E-state index in [4.69, 9.17) is 0 Å². The largest absolute Gasteiger partial charge is 0.248 e. The van der Waals surface area contributed by atoms with Gasteiger partial charge in [-0.15, -0.1) is 11.3 Å². The summed E-state index contributed by atoms with van der Waals surface area (Å²) in [5, 5.41) is 1.22. The number of hydrogen-bond donors (Lipinski definition) is 0. The molecule has 1 heterocycles. The molecule has 0 unspecified atom stereocenters. The molecule has 1 rings (SSSR count). The molecule has 74 valence electrons. The minimum Gasteiger partial charge on any atom is -0.248 e. The van der Waals surface area contributed by atoms with Crippen LogP contribution in [0.1, 0.15) is 44.5 Å². The molecule has 0 fully saturated rings. The number of aromatic nitrogens is 1. The number of alkyl halides is 1. The monoisotopic (exact) mass is 309 g/mol. The van der Waals surface area contributed by atoms with E-state index in [1.165, 1.54) is 9.88 Å². The molecule has 0 aliphatic rings. The minimum absolute atomic E-state index is 0.159. The van der Waals surface area contributed by atoms with Gasteiger partial charge in [0.05, 0.1) is 3.42 Å². The van der Waals surface area contributed by atoms with Crippen LogP contribution in [-0.2, 0) is 8.84 Å². The highest BCUT2D eigenvalue weighted by Gasteiger charge is 2.23. The van der Waals surface area contributed by atoms with E-state index in [0.29, 0.717) is 0 Å². The number of nitrogens with zero attached hydrogens (tertiary/aromatic N) is 1. The van der Waals surface area contributed by atoms with Crippen molar-refractivity contribution in [3.05, 3.63) is 16.1 Å². The lowest BCUT2D eigenvalue weighted by Crippen LogP contribution is -2.08. The Bertz CT molecular complexity index is 262. The van der Waals surface area contributed by atoms with Crippen LogP contribution in [-0.4, -0.2) is 4.98 Å². The van der Waals surface area contributed by atoms with Crippen molar-refractivity contribution >= 4 is 33.9 Å². The van der Waals surface area contributed by atoms with Crippen LogP contribution in [0, 0.1) is 0 Å². The van der Waals surface area contributed by atoms with Crippen LogP contribution in [0.25, 0.3) is 0 Å². The zero-order valence-corrected chi connectivity index (χ0v) is 11.8. The van der Waals surface area contributed by atoms with Gasteiger partial charge >= 0.3 is 0 Å². The van der Waals surface area contributed by atoms with E-state index in [1.54, 1.807) is 0 Å². The van der Waals surface area contributed by atoms with Crippen LogP contribution >= 0.6 is 33.9 Å². The molecule has 0 N–H and O–H groups in total. The van der Waals surface area contributed by atoms with E-state index in [1.807, 2.05) is 17.5 Å². The first kappa shape index (κ1) is 11.4. The lowest BCUT2D eigenvalue weighted by Gasteiger charge is -2.15. The summed E-state index contributed by atoms with van der Waals surface area (Å²) in [5.74, 6) is 0. The van der Waals surface area contributed by atoms with E-state index in [9.17, 15) is 0 Å². The van der Waals surface area contributed by atoms with Gasteiger partial charge in [0, 0.05) is 11.1 Å². The maximum absolute atomic E-state index is 4.46. The quantitative estimate of drug-likeness (QED) is 0.562. The zero-order chi connectivity index (χ0) is 10.3. The first-order chi connectivity index (χ1) is 5.71. The predicted octanol–water partition coefficient (Wildman–Crippen LogP) is 4.11. The lowest BCUT2D eigenvalue weighted by atomic mass is 9.96. The van der Waals surface area contributed by atoms with Crippen LogP contribution in [0.15, 0.2) is 6.20 Å². The van der Waals surface area contributed by atoms with Gasteiger partial charge in [-0.2, -0.15) is 0 Å². The SMILES string of the molecule is CC(C)(C)c1cnc(C(C)(C)I)s1. The molecule has 0 spiro atoms. The zero-order valence-electron chi connectivity index (χ0n) is 8.81. The van der Waals surface area contributed by atoms with Crippen molar-refractivity contribution in [2.45, 2.75) is 43.5 Å². The lowest BCUT2D eigenvalue weighted by molar-refractivity contribution is 0.602. The van der Waals surface area contributed by atoms with Crippen molar-refractivity contribution in [1.29, 1.82) is 0 Å². The molecular weight excluding hydrogens is 293 g/mol. The Labute approximate surface area is 98.1 Å². The van der Waals surface area contributed by atoms with Crippen LogP contribution in [0.5, 0.6) is 0 Å². The second-order valence-corrected chi connectivity index (χ2v) is 8.48. The molecule has 1 nitrogen and oxygen atoms in total. The average Bonchev–Trinajstić information content (AvgIpc) is 2.28. The van der Waals surface area contributed by atoms with E-state index < -0.39 is 0 Å². The van der Waals surface area contributed by atoms with E-state index in [-0.39, 0.29) is 8.84 Å². The van der Waals surface area contributed by atoms with Crippen molar-refractivity contribution in [3.8, 4) is 0 Å². The summed E-state index contributed by atoms with van der Waals surface area (Å²) >= 11 is 4.26. The molecular formula is C10H16INS. The number of rotatable bonds is 1. The van der Waals surface area contributed by atoms with E-state index in [2.05, 4.69) is 62.2 Å². The normalized spacial score (nSPS) is 13.4. The third kappa shape index (κ3) is 2.91. The van der Waals surface area contributed by atoms with Crippen LogP contribution < -0.4 is 0 Å². The standard InChI is InChI=1S/C10H16INS/c1-9(2,3)7-6-12-8(13-7)10(4,5)11/h6H,1-5H3. The van der Waals surface area contributed by atoms with Crippen molar-refractivity contribution in [3.63, 3.8) is 0 Å². The first-order valence-electron chi connectivity index (χ1n) is 4.37. The van der Waals surface area contributed by atoms with Gasteiger partial charge in [0.25, 0.3) is 0 Å². The maximum atomic E-state index is 4.46. The smallest absolute Gasteiger partial charge is 0.108 e. The Morgan fingerprint density at radius 1 is 1.23 bits per heavy atom. The second kappa shape index (κ2) is 3.50. The summed E-state index contributed by atoms with van der Waals surface area (Å²) in [4.78, 5) is 5.83. The fourth-order valence-electron chi connectivity index (χ4n) is 0.896. The van der Waals surface area contributed by atoms with E-state index >= 15 is 0 Å². The van der Waals surface area contributed by atoms with Crippen LogP contribution in [0.2, 0.25) is 0 Å². The first-order valence-corrected chi connectivity index (χ1v) is 6.26. The summed E-state index contributed by atoms with van der Waals surface area (Å²) in [6, 6.07) is 0. The van der Waals surface area contributed by atoms with E-state index in [0.717, 1.165) is 0 Å². The van der Waals surface area contributed by atoms with Gasteiger partial charge in [-0.1, -0.05) is 43.4 Å². The predicted molar refractivity (Wildman–Crippen MR) is 67.9 cm³/mol.